The second-order valence-electron chi connectivity index (χ2n) is 15.3. The van der Waals surface area contributed by atoms with Crippen molar-refractivity contribution in [2.45, 2.75) is 145 Å². The lowest BCUT2D eigenvalue weighted by Gasteiger charge is -2.20. The first kappa shape index (κ1) is 49.4. The van der Waals surface area contributed by atoms with Crippen molar-refractivity contribution in [3.8, 4) is 0 Å². The number of aldehydes is 1. The summed E-state index contributed by atoms with van der Waals surface area (Å²) < 4.78 is 10.4. The lowest BCUT2D eigenvalue weighted by atomic mass is 10.0. The molecule has 0 bridgehead atoms. The topological polar surface area (TPSA) is 88.2 Å². The van der Waals surface area contributed by atoms with Gasteiger partial charge in [0.15, 0.2) is 12.0 Å². The van der Waals surface area contributed by atoms with Gasteiger partial charge in [0, 0.05) is 6.54 Å². The number of aryl methyl sites for hydroxylation is 4. The van der Waals surface area contributed by atoms with E-state index in [0.717, 1.165) is 17.3 Å². The van der Waals surface area contributed by atoms with E-state index in [-0.39, 0.29) is 0 Å². The SMILES string of the molecule is CCCN(CCC)CCCCCCc1ccc(CN)cc1.CCCN(CCC)CCCCCCc1ccc(CN=Cc2ccc(C)o2)cc1.Cc1ccc(C=O)o1. The van der Waals surface area contributed by atoms with E-state index in [1.807, 2.05) is 25.3 Å². The largest absolute Gasteiger partial charge is 0.460 e. The Morgan fingerprint density at radius 2 is 0.912 bits per heavy atom. The van der Waals surface area contributed by atoms with Crippen molar-refractivity contribution in [3.05, 3.63) is 118 Å². The minimum absolute atomic E-state index is 0.391. The molecule has 7 nitrogen and oxygen atoms in total. The molecular formula is C50H78N4O3. The van der Waals surface area contributed by atoms with Crippen molar-refractivity contribution in [2.75, 3.05) is 39.3 Å². The van der Waals surface area contributed by atoms with Crippen LogP contribution in [0.5, 0.6) is 0 Å². The molecule has 0 aliphatic rings. The highest BCUT2D eigenvalue weighted by atomic mass is 16.3. The van der Waals surface area contributed by atoms with Gasteiger partial charge in [0.05, 0.1) is 12.8 Å². The Kier molecular flexibility index (Phi) is 27.9. The van der Waals surface area contributed by atoms with Gasteiger partial charge < -0.3 is 24.4 Å². The quantitative estimate of drug-likeness (QED) is 0.0368. The van der Waals surface area contributed by atoms with Crippen molar-refractivity contribution in [1.82, 2.24) is 9.80 Å². The summed E-state index contributed by atoms with van der Waals surface area (Å²) in [5, 5.41) is 0. The Morgan fingerprint density at radius 3 is 1.28 bits per heavy atom. The van der Waals surface area contributed by atoms with Gasteiger partial charge in [0.2, 0.25) is 0 Å². The Morgan fingerprint density at radius 1 is 0.509 bits per heavy atom. The minimum Gasteiger partial charge on any atom is -0.460 e. The summed E-state index contributed by atoms with van der Waals surface area (Å²) in [6.45, 7) is 21.8. The summed E-state index contributed by atoms with van der Waals surface area (Å²) in [4.78, 5) is 19.6. The smallest absolute Gasteiger partial charge is 0.185 e. The highest BCUT2D eigenvalue weighted by Crippen LogP contribution is 2.13. The number of benzene rings is 2. The molecule has 0 saturated carbocycles. The lowest BCUT2D eigenvalue weighted by Crippen LogP contribution is -2.26. The molecular weight excluding hydrogens is 705 g/mol. The van der Waals surface area contributed by atoms with E-state index in [4.69, 9.17) is 14.6 Å². The number of hydrogen-bond acceptors (Lipinski definition) is 7. The van der Waals surface area contributed by atoms with Gasteiger partial charge in [-0.2, -0.15) is 0 Å². The number of aliphatic imine (C=N–C) groups is 1. The highest BCUT2D eigenvalue weighted by Gasteiger charge is 2.04. The molecule has 0 fully saturated rings. The third kappa shape index (κ3) is 23.9. The van der Waals surface area contributed by atoms with Gasteiger partial charge in [-0.3, -0.25) is 9.79 Å². The van der Waals surface area contributed by atoms with Crippen LogP contribution in [0.25, 0.3) is 0 Å². The molecule has 2 N–H and O–H groups in total. The fourth-order valence-corrected chi connectivity index (χ4v) is 6.91. The van der Waals surface area contributed by atoms with Crippen LogP contribution in [-0.4, -0.2) is 61.6 Å². The maximum atomic E-state index is 9.93. The van der Waals surface area contributed by atoms with E-state index in [2.05, 4.69) is 91.0 Å². The van der Waals surface area contributed by atoms with E-state index in [1.54, 1.807) is 19.1 Å². The Bertz CT molecular complexity index is 1540. The van der Waals surface area contributed by atoms with E-state index >= 15 is 0 Å². The monoisotopic (exact) mass is 783 g/mol. The van der Waals surface area contributed by atoms with Crippen molar-refractivity contribution in [1.29, 1.82) is 0 Å². The molecule has 316 valence electrons. The molecule has 0 radical (unpaired) electrons. The molecule has 0 saturated heterocycles. The van der Waals surface area contributed by atoms with E-state index < -0.39 is 0 Å². The standard InChI is InChI=1S/C25H38N2O.C19H34N2.C6H6O2/c1-4-17-27(18-5-2)19-9-7-6-8-10-23-12-14-24(15-13-23)20-26-21-25-16-11-22(3)28-25;1-3-14-21(15-4-2)16-8-6-5-7-9-18-10-12-19(17-20)13-11-18;1-5-2-3-6(4-7)8-5/h11-16,21H,4-10,17-20H2,1-3H3;10-13H,3-9,14-17,20H2,1-2H3;2-4H,1H3. The maximum absolute atomic E-state index is 9.93. The molecule has 2 aromatic heterocycles. The number of hydrogen-bond donors (Lipinski definition) is 1. The predicted octanol–water partition coefficient (Wildman–Crippen LogP) is 12.2. The van der Waals surface area contributed by atoms with Crippen molar-refractivity contribution < 1.29 is 13.6 Å². The number of nitrogens with zero attached hydrogens (tertiary/aromatic N) is 3. The number of furan rings is 2. The lowest BCUT2D eigenvalue weighted by molar-refractivity contribution is 0.109. The van der Waals surface area contributed by atoms with Crippen molar-refractivity contribution in [3.63, 3.8) is 0 Å². The van der Waals surface area contributed by atoms with Gasteiger partial charge >= 0.3 is 0 Å². The Balaban J connectivity index is 0.000000338. The van der Waals surface area contributed by atoms with E-state index in [0.29, 0.717) is 25.1 Å². The van der Waals surface area contributed by atoms with Crippen LogP contribution in [0, 0.1) is 13.8 Å². The number of unbranched alkanes of at least 4 members (excludes halogenated alkanes) is 6. The molecule has 2 aromatic carbocycles. The van der Waals surface area contributed by atoms with Crippen LogP contribution in [0.2, 0.25) is 0 Å². The summed E-state index contributed by atoms with van der Waals surface area (Å²) in [5.74, 6) is 2.90. The zero-order valence-corrected chi connectivity index (χ0v) is 36.8. The molecule has 0 unspecified atom stereocenters. The second kappa shape index (κ2) is 32.2. The molecule has 57 heavy (non-hydrogen) atoms. The first-order valence-corrected chi connectivity index (χ1v) is 22.2. The number of carbonyl (C=O) groups excluding carboxylic acids is 1. The maximum Gasteiger partial charge on any atom is 0.185 e. The van der Waals surface area contributed by atoms with Gasteiger partial charge in [-0.1, -0.05) is 102 Å². The first-order valence-electron chi connectivity index (χ1n) is 22.2. The first-order chi connectivity index (χ1) is 27.8. The summed E-state index contributed by atoms with van der Waals surface area (Å²) >= 11 is 0. The fourth-order valence-electron chi connectivity index (χ4n) is 6.91. The average molecular weight is 783 g/mol. The van der Waals surface area contributed by atoms with Crippen LogP contribution in [0.15, 0.2) is 86.6 Å². The molecule has 0 atom stereocenters. The summed E-state index contributed by atoms with van der Waals surface area (Å²) in [5.41, 5.74) is 11.0. The molecule has 4 rings (SSSR count). The Hall–Kier alpha value is -3.78. The van der Waals surface area contributed by atoms with Crippen LogP contribution >= 0.6 is 0 Å². The zero-order chi connectivity index (χ0) is 41.4. The minimum atomic E-state index is 0.391. The van der Waals surface area contributed by atoms with Gasteiger partial charge in [-0.25, -0.2) is 0 Å². The van der Waals surface area contributed by atoms with E-state index in [1.165, 1.54) is 151 Å². The van der Waals surface area contributed by atoms with Crippen LogP contribution in [-0.2, 0) is 25.9 Å². The third-order valence-corrected chi connectivity index (χ3v) is 9.95. The van der Waals surface area contributed by atoms with Crippen molar-refractivity contribution in [2.24, 2.45) is 10.7 Å². The molecule has 0 aliphatic heterocycles. The van der Waals surface area contributed by atoms with Crippen LogP contribution in [0.3, 0.4) is 0 Å². The average Bonchev–Trinajstić information content (AvgIpc) is 3.85. The van der Waals surface area contributed by atoms with Gasteiger partial charge in [-0.05, 0) is 164 Å². The summed E-state index contributed by atoms with van der Waals surface area (Å²) in [6.07, 6.45) is 20.7. The zero-order valence-electron chi connectivity index (χ0n) is 36.8. The van der Waals surface area contributed by atoms with Crippen LogP contribution < -0.4 is 5.73 Å². The van der Waals surface area contributed by atoms with Gasteiger partial charge in [-0.15, -0.1) is 0 Å². The van der Waals surface area contributed by atoms with Gasteiger partial charge in [0.1, 0.15) is 17.3 Å². The number of nitrogens with two attached hydrogens (primary N) is 1. The fraction of sp³-hybridized carbons (Fsp3) is 0.560. The van der Waals surface area contributed by atoms with Crippen LogP contribution in [0.1, 0.15) is 155 Å². The Labute approximate surface area is 347 Å². The second-order valence-corrected chi connectivity index (χ2v) is 15.3. The van der Waals surface area contributed by atoms with Crippen LogP contribution in [0.4, 0.5) is 0 Å². The van der Waals surface area contributed by atoms with E-state index in [9.17, 15) is 4.79 Å². The summed E-state index contributed by atoms with van der Waals surface area (Å²) in [7, 11) is 0. The summed E-state index contributed by atoms with van der Waals surface area (Å²) in [6, 6.07) is 25.0. The normalized spacial score (nSPS) is 11.2. The van der Waals surface area contributed by atoms with Gasteiger partial charge in [0.25, 0.3) is 0 Å². The highest BCUT2D eigenvalue weighted by molar-refractivity contribution is 5.75. The molecule has 0 spiro atoms. The number of carbonyl (C=O) groups is 1. The molecule has 7 heteroatoms. The molecule has 0 aliphatic carbocycles. The van der Waals surface area contributed by atoms with Crippen molar-refractivity contribution >= 4 is 12.5 Å². The predicted molar refractivity (Wildman–Crippen MR) is 243 cm³/mol. The molecule has 2 heterocycles. The molecule has 0 amide bonds. The molecule has 4 aromatic rings. The number of rotatable bonds is 27. The third-order valence-electron chi connectivity index (χ3n) is 9.95.